The summed E-state index contributed by atoms with van der Waals surface area (Å²) >= 11 is 0. The third-order valence-corrected chi connectivity index (χ3v) is 12.4. The molecule has 222 valence electrons. The standard InChI is InChI=1S/C36H67NO/c1-7-10-12-16-25-37(26-17-13-11-8-2)34(38)21-18-20-30-22-23-33(36(30,6)9-3)32-28-35(5)24-15-14-19-31(35)27-29(32)4/h29-33H,7-28H2,1-6H3/t29?,30-,31?,32?,33?,35+,36+/m0/s1. The van der Waals surface area contributed by atoms with E-state index in [1.807, 2.05) is 0 Å². The van der Waals surface area contributed by atoms with Crippen LogP contribution in [-0.4, -0.2) is 23.9 Å². The molecule has 3 aliphatic carbocycles. The van der Waals surface area contributed by atoms with Gasteiger partial charge in [0.25, 0.3) is 0 Å². The molecular formula is C36H67NO. The molecule has 0 radical (unpaired) electrons. The van der Waals surface area contributed by atoms with Gasteiger partial charge < -0.3 is 4.90 Å². The molecule has 0 N–H and O–H groups in total. The molecule has 7 atom stereocenters. The number of carbonyl (C=O) groups is 1. The monoisotopic (exact) mass is 530 g/mol. The van der Waals surface area contributed by atoms with Crippen LogP contribution in [0.4, 0.5) is 0 Å². The van der Waals surface area contributed by atoms with Crippen LogP contribution >= 0.6 is 0 Å². The van der Waals surface area contributed by atoms with E-state index < -0.39 is 0 Å². The number of hydrogen-bond donors (Lipinski definition) is 0. The maximum Gasteiger partial charge on any atom is 0.222 e. The van der Waals surface area contributed by atoms with Gasteiger partial charge in [0, 0.05) is 19.5 Å². The molecule has 1 amide bonds. The summed E-state index contributed by atoms with van der Waals surface area (Å²) in [5.41, 5.74) is 1.09. The summed E-state index contributed by atoms with van der Waals surface area (Å²) in [6.45, 7) is 16.9. The first-order valence-corrected chi connectivity index (χ1v) is 17.6. The van der Waals surface area contributed by atoms with Crippen LogP contribution in [0.15, 0.2) is 0 Å². The smallest absolute Gasteiger partial charge is 0.222 e. The summed E-state index contributed by atoms with van der Waals surface area (Å²) in [5, 5.41) is 0. The zero-order valence-corrected chi connectivity index (χ0v) is 26.8. The minimum atomic E-state index is 0.447. The molecule has 4 unspecified atom stereocenters. The number of nitrogens with zero attached hydrogens (tertiary/aromatic N) is 1. The van der Waals surface area contributed by atoms with Crippen molar-refractivity contribution in [3.63, 3.8) is 0 Å². The second-order valence-electron chi connectivity index (χ2n) is 14.8. The molecule has 0 bridgehead atoms. The van der Waals surface area contributed by atoms with Crippen LogP contribution in [0.2, 0.25) is 0 Å². The zero-order chi connectivity index (χ0) is 27.6. The summed E-state index contributed by atoms with van der Waals surface area (Å²) in [7, 11) is 0. The molecule has 0 spiro atoms. The number of amides is 1. The highest BCUT2D eigenvalue weighted by molar-refractivity contribution is 5.76. The molecule has 0 aliphatic heterocycles. The quantitative estimate of drug-likeness (QED) is 0.182. The van der Waals surface area contributed by atoms with Gasteiger partial charge in [-0.05, 0) is 105 Å². The lowest BCUT2D eigenvalue weighted by Gasteiger charge is -2.54. The van der Waals surface area contributed by atoms with Crippen LogP contribution in [0.3, 0.4) is 0 Å². The van der Waals surface area contributed by atoms with Gasteiger partial charge in [0.15, 0.2) is 0 Å². The van der Waals surface area contributed by atoms with Gasteiger partial charge >= 0.3 is 0 Å². The normalized spacial score (nSPS) is 35.3. The van der Waals surface area contributed by atoms with Gasteiger partial charge in [0.2, 0.25) is 5.91 Å². The predicted octanol–water partition coefficient (Wildman–Crippen LogP) is 10.8. The van der Waals surface area contributed by atoms with Gasteiger partial charge in [-0.2, -0.15) is 0 Å². The summed E-state index contributed by atoms with van der Waals surface area (Å²) in [4.78, 5) is 15.6. The minimum Gasteiger partial charge on any atom is -0.343 e. The van der Waals surface area contributed by atoms with Crippen LogP contribution in [-0.2, 0) is 4.79 Å². The van der Waals surface area contributed by atoms with E-state index in [0.29, 0.717) is 16.7 Å². The Hall–Kier alpha value is -0.530. The lowest BCUT2D eigenvalue weighted by molar-refractivity contribution is -0.131. The Balaban J connectivity index is 1.54. The second kappa shape index (κ2) is 15.5. The van der Waals surface area contributed by atoms with Gasteiger partial charge in [-0.15, -0.1) is 0 Å². The van der Waals surface area contributed by atoms with E-state index in [4.69, 9.17) is 0 Å². The lowest BCUT2D eigenvalue weighted by atomic mass is 9.51. The van der Waals surface area contributed by atoms with E-state index >= 15 is 0 Å². The second-order valence-corrected chi connectivity index (χ2v) is 14.8. The van der Waals surface area contributed by atoms with E-state index in [1.165, 1.54) is 116 Å². The Kier molecular flexibility index (Phi) is 13.0. The Morgan fingerprint density at radius 2 is 1.53 bits per heavy atom. The minimum absolute atomic E-state index is 0.447. The molecule has 2 nitrogen and oxygen atoms in total. The molecular weight excluding hydrogens is 462 g/mol. The van der Waals surface area contributed by atoms with Crippen LogP contribution < -0.4 is 0 Å². The highest BCUT2D eigenvalue weighted by atomic mass is 16.2. The van der Waals surface area contributed by atoms with E-state index in [0.717, 1.165) is 55.5 Å². The number of rotatable bonds is 16. The topological polar surface area (TPSA) is 20.3 Å². The van der Waals surface area contributed by atoms with Crippen LogP contribution in [0, 0.1) is 40.4 Å². The SMILES string of the molecule is CCCCCCN(CCCCCC)C(=O)CCC[C@H]1CCC(C2C[C@@]3(C)CCCCC3CC2C)[C@]1(C)CC. The van der Waals surface area contributed by atoms with Crippen molar-refractivity contribution in [3.05, 3.63) is 0 Å². The largest absolute Gasteiger partial charge is 0.343 e. The first-order chi connectivity index (χ1) is 18.3. The first-order valence-electron chi connectivity index (χ1n) is 17.6. The van der Waals surface area contributed by atoms with Crippen LogP contribution in [0.25, 0.3) is 0 Å². The highest BCUT2D eigenvalue weighted by Crippen LogP contribution is 2.62. The molecule has 2 heteroatoms. The number of unbranched alkanes of at least 4 members (excludes halogenated alkanes) is 6. The summed E-state index contributed by atoms with van der Waals surface area (Å²) in [6, 6.07) is 0. The first kappa shape index (κ1) is 32.0. The van der Waals surface area contributed by atoms with Crippen molar-refractivity contribution in [2.24, 2.45) is 40.4 Å². The number of fused-ring (bicyclic) bond motifs is 1. The van der Waals surface area contributed by atoms with Crippen LogP contribution in [0.1, 0.15) is 170 Å². The Morgan fingerprint density at radius 3 is 2.16 bits per heavy atom. The Labute approximate surface area is 238 Å². The van der Waals surface area contributed by atoms with E-state index in [9.17, 15) is 4.79 Å². The van der Waals surface area contributed by atoms with Gasteiger partial charge in [-0.25, -0.2) is 0 Å². The molecule has 3 rings (SSSR count). The molecule has 0 aromatic rings. The van der Waals surface area contributed by atoms with Crippen molar-refractivity contribution in [2.75, 3.05) is 13.1 Å². The van der Waals surface area contributed by atoms with Gasteiger partial charge in [-0.3, -0.25) is 4.79 Å². The maximum atomic E-state index is 13.3. The van der Waals surface area contributed by atoms with E-state index in [-0.39, 0.29) is 0 Å². The van der Waals surface area contributed by atoms with Crippen molar-refractivity contribution >= 4 is 5.91 Å². The van der Waals surface area contributed by atoms with Gasteiger partial charge in [-0.1, -0.05) is 99.3 Å². The van der Waals surface area contributed by atoms with E-state index in [1.54, 1.807) is 0 Å². The Bertz CT molecular complexity index is 677. The maximum absolute atomic E-state index is 13.3. The molecule has 3 fully saturated rings. The summed E-state index contributed by atoms with van der Waals surface area (Å²) in [5.74, 6) is 4.98. The van der Waals surface area contributed by atoms with Crippen molar-refractivity contribution in [1.29, 1.82) is 0 Å². The predicted molar refractivity (Wildman–Crippen MR) is 165 cm³/mol. The molecule has 3 saturated carbocycles. The van der Waals surface area contributed by atoms with Gasteiger partial charge in [0.05, 0.1) is 0 Å². The number of carbonyl (C=O) groups excluding carboxylic acids is 1. The zero-order valence-electron chi connectivity index (χ0n) is 26.8. The fourth-order valence-corrected chi connectivity index (χ4v) is 9.59. The van der Waals surface area contributed by atoms with Crippen molar-refractivity contribution in [3.8, 4) is 0 Å². The molecule has 0 aromatic heterocycles. The van der Waals surface area contributed by atoms with Crippen molar-refractivity contribution < 1.29 is 4.79 Å². The Morgan fingerprint density at radius 1 is 0.842 bits per heavy atom. The number of hydrogen-bond acceptors (Lipinski definition) is 1. The summed E-state index contributed by atoms with van der Waals surface area (Å²) < 4.78 is 0. The molecule has 0 aromatic carbocycles. The lowest BCUT2D eigenvalue weighted by Crippen LogP contribution is -2.45. The average Bonchev–Trinajstić information content (AvgIpc) is 3.23. The van der Waals surface area contributed by atoms with E-state index in [2.05, 4.69) is 46.4 Å². The molecule has 38 heavy (non-hydrogen) atoms. The molecule has 0 heterocycles. The fraction of sp³-hybridized carbons (Fsp3) is 0.972. The molecule has 0 saturated heterocycles. The third kappa shape index (κ3) is 8.02. The van der Waals surface area contributed by atoms with Crippen molar-refractivity contribution in [2.45, 2.75) is 170 Å². The van der Waals surface area contributed by atoms with Crippen LogP contribution in [0.5, 0.6) is 0 Å². The summed E-state index contributed by atoms with van der Waals surface area (Å²) in [6.07, 6.45) is 26.3. The fourth-order valence-electron chi connectivity index (χ4n) is 9.59. The average molecular weight is 530 g/mol. The third-order valence-electron chi connectivity index (χ3n) is 12.4. The highest BCUT2D eigenvalue weighted by Gasteiger charge is 2.53. The van der Waals surface area contributed by atoms with Gasteiger partial charge in [0.1, 0.15) is 0 Å². The molecule has 3 aliphatic rings. The van der Waals surface area contributed by atoms with Crippen molar-refractivity contribution in [1.82, 2.24) is 4.90 Å².